The van der Waals surface area contributed by atoms with Gasteiger partial charge in [0.25, 0.3) is 0 Å². The molecule has 0 spiro atoms. The molecule has 0 fully saturated rings. The highest BCUT2D eigenvalue weighted by molar-refractivity contribution is 4.92. The first-order valence-corrected chi connectivity index (χ1v) is 4.45. The van der Waals surface area contributed by atoms with Crippen molar-refractivity contribution in [1.82, 2.24) is 0 Å². The molecule has 0 amide bonds. The Morgan fingerprint density at radius 1 is 1.15 bits per heavy atom. The lowest BCUT2D eigenvalue weighted by molar-refractivity contribution is -0.270. The van der Waals surface area contributed by atoms with Crippen LogP contribution in [0.5, 0.6) is 0 Å². The van der Waals surface area contributed by atoms with E-state index in [-0.39, 0.29) is 6.42 Å². The predicted molar refractivity (Wildman–Crippen MR) is 45.3 cm³/mol. The van der Waals surface area contributed by atoms with E-state index in [4.69, 9.17) is 0 Å². The van der Waals surface area contributed by atoms with E-state index in [1.54, 1.807) is 0 Å². The fourth-order valence-corrected chi connectivity index (χ4v) is 1.95. The summed E-state index contributed by atoms with van der Waals surface area (Å²) in [6.07, 6.45) is -5.80. The highest BCUT2D eigenvalue weighted by Crippen LogP contribution is 2.49. The minimum absolute atomic E-state index is 0.0914. The van der Waals surface area contributed by atoms with Gasteiger partial charge in [0.05, 0.1) is 11.5 Å². The van der Waals surface area contributed by atoms with Gasteiger partial charge in [-0.2, -0.15) is 13.2 Å². The maximum Gasteiger partial charge on any atom is 0.397 e. The van der Waals surface area contributed by atoms with Crippen molar-refractivity contribution in [2.24, 2.45) is 11.3 Å². The molecule has 2 unspecified atom stereocenters. The van der Waals surface area contributed by atoms with Crippen LogP contribution >= 0.6 is 0 Å². The number of halogens is 3. The summed E-state index contributed by atoms with van der Waals surface area (Å²) >= 11 is 0. The molecule has 0 aliphatic carbocycles. The van der Waals surface area contributed by atoms with Crippen LogP contribution in [0, 0.1) is 11.3 Å². The molecule has 0 aliphatic rings. The van der Waals surface area contributed by atoms with Crippen LogP contribution in [0.1, 0.15) is 34.1 Å². The van der Waals surface area contributed by atoms with Gasteiger partial charge in [-0.25, -0.2) is 0 Å². The largest absolute Gasteiger partial charge is 0.397 e. The van der Waals surface area contributed by atoms with E-state index in [2.05, 4.69) is 0 Å². The Morgan fingerprint density at radius 2 is 1.54 bits per heavy atom. The highest BCUT2D eigenvalue weighted by Gasteiger charge is 2.58. The molecule has 0 saturated heterocycles. The molecule has 0 aliphatic heterocycles. The SMILES string of the molecule is CCC(C(C)C)(C(C)O)C(F)(F)F. The summed E-state index contributed by atoms with van der Waals surface area (Å²) in [5.41, 5.74) is -1.97. The molecule has 1 nitrogen and oxygen atoms in total. The summed E-state index contributed by atoms with van der Waals surface area (Å²) in [5, 5.41) is 9.25. The van der Waals surface area contributed by atoms with Gasteiger partial charge in [-0.3, -0.25) is 0 Å². The fraction of sp³-hybridized carbons (Fsp3) is 1.00. The third-order valence-electron chi connectivity index (χ3n) is 2.89. The molecule has 80 valence electrons. The fourth-order valence-electron chi connectivity index (χ4n) is 1.95. The van der Waals surface area contributed by atoms with Gasteiger partial charge in [0.15, 0.2) is 0 Å². The predicted octanol–water partition coefficient (Wildman–Crippen LogP) is 2.98. The number of hydrogen-bond acceptors (Lipinski definition) is 1. The number of alkyl halides is 3. The Balaban J connectivity index is 5.12. The van der Waals surface area contributed by atoms with Crippen molar-refractivity contribution in [3.05, 3.63) is 0 Å². The van der Waals surface area contributed by atoms with Crippen molar-refractivity contribution in [3.63, 3.8) is 0 Å². The zero-order chi connectivity index (χ0) is 10.9. The number of aliphatic hydroxyl groups excluding tert-OH is 1. The van der Waals surface area contributed by atoms with Gasteiger partial charge in [0.2, 0.25) is 0 Å². The molecule has 13 heavy (non-hydrogen) atoms. The second-order valence-electron chi connectivity index (χ2n) is 3.72. The van der Waals surface area contributed by atoms with Gasteiger partial charge < -0.3 is 5.11 Å². The maximum atomic E-state index is 12.7. The normalized spacial score (nSPS) is 20.1. The van der Waals surface area contributed by atoms with Gasteiger partial charge in [-0.05, 0) is 19.3 Å². The van der Waals surface area contributed by atoms with Gasteiger partial charge in [0, 0.05) is 0 Å². The van der Waals surface area contributed by atoms with Crippen molar-refractivity contribution in [1.29, 1.82) is 0 Å². The topological polar surface area (TPSA) is 20.2 Å². The Bertz CT molecular complexity index is 153. The van der Waals surface area contributed by atoms with E-state index in [9.17, 15) is 18.3 Å². The van der Waals surface area contributed by atoms with Crippen molar-refractivity contribution < 1.29 is 18.3 Å². The maximum absolute atomic E-state index is 12.7. The lowest BCUT2D eigenvalue weighted by Crippen LogP contribution is -2.49. The van der Waals surface area contributed by atoms with E-state index in [0.717, 1.165) is 0 Å². The summed E-state index contributed by atoms with van der Waals surface area (Å²) < 4.78 is 38.2. The molecule has 0 aromatic heterocycles. The summed E-state index contributed by atoms with van der Waals surface area (Å²) in [6.45, 7) is 5.64. The minimum atomic E-state index is -4.34. The zero-order valence-electron chi connectivity index (χ0n) is 8.44. The van der Waals surface area contributed by atoms with Crippen LogP contribution < -0.4 is 0 Å². The smallest absolute Gasteiger partial charge is 0.392 e. The van der Waals surface area contributed by atoms with Crippen LogP contribution in [0.4, 0.5) is 13.2 Å². The zero-order valence-corrected chi connectivity index (χ0v) is 8.44. The third-order valence-corrected chi connectivity index (χ3v) is 2.89. The molecular formula is C9H17F3O. The molecule has 0 saturated carbocycles. The van der Waals surface area contributed by atoms with Crippen molar-refractivity contribution in [3.8, 4) is 0 Å². The van der Waals surface area contributed by atoms with Crippen LogP contribution in [-0.4, -0.2) is 17.4 Å². The van der Waals surface area contributed by atoms with Gasteiger partial charge >= 0.3 is 6.18 Å². The van der Waals surface area contributed by atoms with Crippen LogP contribution in [0.15, 0.2) is 0 Å². The van der Waals surface area contributed by atoms with Crippen molar-refractivity contribution in [2.75, 3.05) is 0 Å². The summed E-state index contributed by atoms with van der Waals surface area (Å²) in [7, 11) is 0. The Morgan fingerprint density at radius 3 is 1.54 bits per heavy atom. The third kappa shape index (κ3) is 1.98. The van der Waals surface area contributed by atoms with Crippen molar-refractivity contribution >= 4 is 0 Å². The van der Waals surface area contributed by atoms with Crippen LogP contribution in [0.25, 0.3) is 0 Å². The summed E-state index contributed by atoms with van der Waals surface area (Å²) in [6, 6.07) is 0. The lowest BCUT2D eigenvalue weighted by Gasteiger charge is -2.40. The van der Waals surface area contributed by atoms with Gasteiger partial charge in [0.1, 0.15) is 0 Å². The average Bonchev–Trinajstić information content (AvgIpc) is 1.83. The van der Waals surface area contributed by atoms with Crippen LogP contribution in [0.2, 0.25) is 0 Å². The molecule has 1 N–H and O–H groups in total. The second-order valence-corrected chi connectivity index (χ2v) is 3.72. The highest BCUT2D eigenvalue weighted by atomic mass is 19.4. The average molecular weight is 198 g/mol. The Kier molecular flexibility index (Phi) is 3.79. The first-order valence-electron chi connectivity index (χ1n) is 4.45. The minimum Gasteiger partial charge on any atom is -0.392 e. The molecule has 0 aromatic rings. The van der Waals surface area contributed by atoms with Gasteiger partial charge in [-0.1, -0.05) is 20.8 Å². The van der Waals surface area contributed by atoms with Crippen molar-refractivity contribution in [2.45, 2.75) is 46.4 Å². The molecular weight excluding hydrogens is 181 g/mol. The molecule has 0 rings (SSSR count). The standard InChI is InChI=1S/C9H17F3O/c1-5-8(6(2)3,7(4)13)9(10,11)12/h6-7,13H,5H2,1-4H3. The molecule has 0 radical (unpaired) electrons. The quantitative estimate of drug-likeness (QED) is 0.739. The van der Waals surface area contributed by atoms with E-state index >= 15 is 0 Å². The summed E-state index contributed by atoms with van der Waals surface area (Å²) in [4.78, 5) is 0. The van der Waals surface area contributed by atoms with E-state index < -0.39 is 23.6 Å². The molecule has 2 atom stereocenters. The molecule has 0 heterocycles. The summed E-state index contributed by atoms with van der Waals surface area (Å²) in [5.74, 6) is -0.613. The molecule has 0 aromatic carbocycles. The lowest BCUT2D eigenvalue weighted by atomic mass is 9.70. The first kappa shape index (κ1) is 12.8. The van der Waals surface area contributed by atoms with Gasteiger partial charge in [-0.15, -0.1) is 0 Å². The monoisotopic (exact) mass is 198 g/mol. The first-order chi connectivity index (χ1) is 5.70. The van der Waals surface area contributed by atoms with E-state index in [1.807, 2.05) is 0 Å². The van der Waals surface area contributed by atoms with E-state index in [0.29, 0.717) is 0 Å². The number of hydrogen-bond donors (Lipinski definition) is 1. The second kappa shape index (κ2) is 3.86. The van der Waals surface area contributed by atoms with E-state index in [1.165, 1.54) is 27.7 Å². The van der Waals surface area contributed by atoms with Crippen LogP contribution in [-0.2, 0) is 0 Å². The Labute approximate surface area is 76.9 Å². The Hall–Kier alpha value is -0.250. The molecule has 0 bridgehead atoms. The number of rotatable bonds is 3. The number of aliphatic hydroxyl groups is 1. The van der Waals surface area contributed by atoms with Crippen LogP contribution in [0.3, 0.4) is 0 Å². The molecule has 4 heteroatoms.